The number of benzene rings is 1. The summed E-state index contributed by atoms with van der Waals surface area (Å²) in [6.07, 6.45) is 2.73. The minimum absolute atomic E-state index is 0.264. The average Bonchev–Trinajstić information content (AvgIpc) is 3.14. The lowest BCUT2D eigenvalue weighted by molar-refractivity contribution is 0.411. The summed E-state index contributed by atoms with van der Waals surface area (Å²) in [7, 11) is 1.70. The van der Waals surface area contributed by atoms with Crippen LogP contribution in [0.25, 0.3) is 0 Å². The number of rotatable bonds is 6. The second-order valence-corrected chi connectivity index (χ2v) is 4.87. The predicted molar refractivity (Wildman–Crippen MR) is 70.3 cm³/mol. The summed E-state index contributed by atoms with van der Waals surface area (Å²) in [5, 5.41) is 3.55. The van der Waals surface area contributed by atoms with Crippen LogP contribution in [0.5, 0.6) is 5.75 Å². The lowest BCUT2D eigenvalue weighted by atomic mass is 10.0. The Morgan fingerprint density at radius 1 is 1.47 bits per heavy atom. The van der Waals surface area contributed by atoms with Crippen molar-refractivity contribution in [3.8, 4) is 5.75 Å². The molecule has 17 heavy (non-hydrogen) atoms. The molecule has 94 valence electrons. The van der Waals surface area contributed by atoms with Crippen LogP contribution in [0.1, 0.15) is 30.0 Å². The monoisotopic (exact) mass is 234 g/mol. The van der Waals surface area contributed by atoms with Gasteiger partial charge in [0.25, 0.3) is 0 Å². The van der Waals surface area contributed by atoms with Gasteiger partial charge in [0, 0.05) is 12.6 Å². The quantitative estimate of drug-likeness (QED) is 0.791. The molecule has 3 nitrogen and oxygen atoms in total. The largest absolute Gasteiger partial charge is 0.496 e. The summed E-state index contributed by atoms with van der Waals surface area (Å²) in [4.78, 5) is 0. The van der Waals surface area contributed by atoms with Gasteiger partial charge < -0.3 is 15.8 Å². The summed E-state index contributed by atoms with van der Waals surface area (Å²) in [6.45, 7) is 3.79. The summed E-state index contributed by atoms with van der Waals surface area (Å²) >= 11 is 0. The smallest absolute Gasteiger partial charge is 0.121 e. The molecule has 0 radical (unpaired) electrons. The molecule has 0 saturated heterocycles. The lowest BCUT2D eigenvalue weighted by Crippen LogP contribution is -2.29. The van der Waals surface area contributed by atoms with Gasteiger partial charge in [-0.2, -0.15) is 0 Å². The van der Waals surface area contributed by atoms with Gasteiger partial charge in [-0.1, -0.05) is 12.1 Å². The summed E-state index contributed by atoms with van der Waals surface area (Å²) in [6, 6.07) is 6.55. The van der Waals surface area contributed by atoms with Crippen LogP contribution in [0.2, 0.25) is 0 Å². The predicted octanol–water partition coefficient (Wildman–Crippen LogP) is 2.00. The molecule has 0 aromatic heterocycles. The molecule has 1 aliphatic rings. The van der Waals surface area contributed by atoms with E-state index in [4.69, 9.17) is 10.5 Å². The lowest BCUT2D eigenvalue weighted by Gasteiger charge is -2.18. The Morgan fingerprint density at radius 2 is 2.24 bits per heavy atom. The maximum atomic E-state index is 5.84. The van der Waals surface area contributed by atoms with Gasteiger partial charge in [-0.15, -0.1) is 0 Å². The molecule has 3 N–H and O–H groups in total. The number of nitrogens with two attached hydrogens (primary N) is 1. The molecule has 1 aromatic rings. The first-order valence-corrected chi connectivity index (χ1v) is 6.32. The van der Waals surface area contributed by atoms with Crippen molar-refractivity contribution >= 4 is 0 Å². The van der Waals surface area contributed by atoms with Crippen molar-refractivity contribution in [1.82, 2.24) is 5.32 Å². The number of methoxy groups -OCH3 is 1. The molecule has 1 atom stereocenters. The van der Waals surface area contributed by atoms with E-state index >= 15 is 0 Å². The first-order valence-electron chi connectivity index (χ1n) is 6.32. The minimum atomic E-state index is 0.264. The highest BCUT2D eigenvalue weighted by atomic mass is 16.5. The zero-order chi connectivity index (χ0) is 12.3. The Hall–Kier alpha value is -1.06. The van der Waals surface area contributed by atoms with Crippen LogP contribution in [-0.4, -0.2) is 20.2 Å². The molecule has 0 bridgehead atoms. The second kappa shape index (κ2) is 5.52. The van der Waals surface area contributed by atoms with Crippen LogP contribution >= 0.6 is 0 Å². The SMILES string of the molecule is COc1ccc(C(CN)NCC2CC2)cc1C. The van der Waals surface area contributed by atoms with E-state index in [9.17, 15) is 0 Å². The van der Waals surface area contributed by atoms with E-state index in [0.29, 0.717) is 6.54 Å². The number of aryl methyl sites for hydroxylation is 1. The maximum absolute atomic E-state index is 5.84. The zero-order valence-corrected chi connectivity index (χ0v) is 10.7. The van der Waals surface area contributed by atoms with E-state index in [0.717, 1.165) is 23.8 Å². The van der Waals surface area contributed by atoms with Gasteiger partial charge in [0.1, 0.15) is 5.75 Å². The number of ether oxygens (including phenoxy) is 1. The number of nitrogens with one attached hydrogen (secondary N) is 1. The molecule has 3 heteroatoms. The third-order valence-corrected chi connectivity index (χ3v) is 3.41. The van der Waals surface area contributed by atoms with Gasteiger partial charge in [0.15, 0.2) is 0 Å². The van der Waals surface area contributed by atoms with Crippen molar-refractivity contribution in [2.24, 2.45) is 11.7 Å². The molecule has 0 amide bonds. The van der Waals surface area contributed by atoms with Crippen molar-refractivity contribution in [2.75, 3.05) is 20.2 Å². The van der Waals surface area contributed by atoms with Crippen molar-refractivity contribution in [3.05, 3.63) is 29.3 Å². The average molecular weight is 234 g/mol. The second-order valence-electron chi connectivity index (χ2n) is 4.87. The Morgan fingerprint density at radius 3 is 2.76 bits per heavy atom. The third kappa shape index (κ3) is 3.20. The van der Waals surface area contributed by atoms with Crippen LogP contribution in [0, 0.1) is 12.8 Å². The molecular formula is C14H22N2O. The van der Waals surface area contributed by atoms with Crippen LogP contribution in [-0.2, 0) is 0 Å². The topological polar surface area (TPSA) is 47.3 Å². The third-order valence-electron chi connectivity index (χ3n) is 3.41. The van der Waals surface area contributed by atoms with E-state index in [1.54, 1.807) is 7.11 Å². The van der Waals surface area contributed by atoms with Gasteiger partial charge in [-0.05, 0) is 49.4 Å². The number of hydrogen-bond acceptors (Lipinski definition) is 3. The van der Waals surface area contributed by atoms with Crippen molar-refractivity contribution in [3.63, 3.8) is 0 Å². The van der Waals surface area contributed by atoms with Crippen LogP contribution in [0.3, 0.4) is 0 Å². The van der Waals surface area contributed by atoms with Crippen LogP contribution in [0.4, 0.5) is 0 Å². The summed E-state index contributed by atoms with van der Waals surface area (Å²) in [5.41, 5.74) is 8.26. The van der Waals surface area contributed by atoms with Crippen LogP contribution < -0.4 is 15.8 Å². The molecular weight excluding hydrogens is 212 g/mol. The summed E-state index contributed by atoms with van der Waals surface area (Å²) in [5.74, 6) is 1.81. The van der Waals surface area contributed by atoms with E-state index in [-0.39, 0.29) is 6.04 Å². The molecule has 2 rings (SSSR count). The number of hydrogen-bond donors (Lipinski definition) is 2. The maximum Gasteiger partial charge on any atom is 0.121 e. The Balaban J connectivity index is 2.03. The van der Waals surface area contributed by atoms with Gasteiger partial charge in [-0.3, -0.25) is 0 Å². The fourth-order valence-corrected chi connectivity index (χ4v) is 2.09. The van der Waals surface area contributed by atoms with E-state index < -0.39 is 0 Å². The van der Waals surface area contributed by atoms with Gasteiger partial charge in [0.2, 0.25) is 0 Å². The normalized spacial score (nSPS) is 16.9. The fraction of sp³-hybridized carbons (Fsp3) is 0.571. The highest BCUT2D eigenvalue weighted by molar-refractivity contribution is 5.37. The molecule has 1 unspecified atom stereocenters. The Kier molecular flexibility index (Phi) is 4.02. The zero-order valence-electron chi connectivity index (χ0n) is 10.7. The summed E-state index contributed by atoms with van der Waals surface area (Å²) < 4.78 is 5.27. The van der Waals surface area contributed by atoms with Gasteiger partial charge >= 0.3 is 0 Å². The molecule has 1 fully saturated rings. The van der Waals surface area contributed by atoms with Gasteiger partial charge in [-0.25, -0.2) is 0 Å². The highest BCUT2D eigenvalue weighted by Gasteiger charge is 2.22. The standard InChI is InChI=1S/C14H22N2O/c1-10-7-12(5-6-14(10)17-2)13(8-15)16-9-11-3-4-11/h5-7,11,13,16H,3-4,8-9,15H2,1-2H3. The van der Waals surface area contributed by atoms with Crippen LogP contribution in [0.15, 0.2) is 18.2 Å². The molecule has 0 aliphatic heterocycles. The minimum Gasteiger partial charge on any atom is -0.496 e. The molecule has 0 spiro atoms. The van der Waals surface area contributed by atoms with Crippen molar-refractivity contribution in [2.45, 2.75) is 25.8 Å². The van der Waals surface area contributed by atoms with Gasteiger partial charge in [0.05, 0.1) is 7.11 Å². The van der Waals surface area contributed by atoms with E-state index in [2.05, 4.69) is 24.4 Å². The van der Waals surface area contributed by atoms with E-state index in [1.165, 1.54) is 18.4 Å². The highest BCUT2D eigenvalue weighted by Crippen LogP contribution is 2.29. The van der Waals surface area contributed by atoms with E-state index in [1.807, 2.05) is 6.07 Å². The Labute approximate surface area is 103 Å². The molecule has 1 aliphatic carbocycles. The van der Waals surface area contributed by atoms with Crippen molar-refractivity contribution in [1.29, 1.82) is 0 Å². The first-order chi connectivity index (χ1) is 8.24. The van der Waals surface area contributed by atoms with Crippen molar-refractivity contribution < 1.29 is 4.74 Å². The Bertz CT molecular complexity index is 374. The molecule has 1 aromatic carbocycles. The first kappa shape index (κ1) is 12.4. The fourth-order valence-electron chi connectivity index (χ4n) is 2.09. The molecule has 0 heterocycles. The molecule has 1 saturated carbocycles.